The summed E-state index contributed by atoms with van der Waals surface area (Å²) in [5.41, 5.74) is 7.57. The van der Waals surface area contributed by atoms with E-state index in [-0.39, 0.29) is 11.7 Å². The highest BCUT2D eigenvalue weighted by atomic mass is 16.5. The van der Waals surface area contributed by atoms with Gasteiger partial charge in [0.1, 0.15) is 5.75 Å². The van der Waals surface area contributed by atoms with Gasteiger partial charge in [-0.15, -0.1) is 0 Å². The molecular formula is C13H15N5O3. The highest BCUT2D eigenvalue weighted by molar-refractivity contribution is 6.06. The fourth-order valence-corrected chi connectivity index (χ4v) is 1.78. The molecule has 0 atom stereocenters. The zero-order valence-electron chi connectivity index (χ0n) is 11.5. The number of hydrogen-bond acceptors (Lipinski definition) is 5. The van der Waals surface area contributed by atoms with E-state index in [1.54, 1.807) is 25.1 Å². The van der Waals surface area contributed by atoms with Gasteiger partial charge in [0.15, 0.2) is 5.84 Å². The summed E-state index contributed by atoms with van der Waals surface area (Å²) >= 11 is 0. The fraction of sp³-hybridized carbons (Fsp3) is 0.154. The second-order valence-corrected chi connectivity index (χ2v) is 4.26. The van der Waals surface area contributed by atoms with Crippen molar-refractivity contribution in [2.24, 2.45) is 10.9 Å². The molecule has 8 heteroatoms. The first-order chi connectivity index (χ1) is 10.1. The number of carbonyl (C=O) groups excluding carboxylic acids is 1. The van der Waals surface area contributed by atoms with Crippen molar-refractivity contribution < 1.29 is 14.7 Å². The summed E-state index contributed by atoms with van der Waals surface area (Å²) < 4.78 is 5.20. The number of benzene rings is 1. The normalized spacial score (nSPS) is 11.2. The van der Waals surface area contributed by atoms with Gasteiger partial charge in [0.05, 0.1) is 24.6 Å². The van der Waals surface area contributed by atoms with E-state index in [0.29, 0.717) is 28.3 Å². The van der Waals surface area contributed by atoms with E-state index in [0.717, 1.165) is 0 Å². The number of nitrogens with two attached hydrogens (primary N) is 1. The van der Waals surface area contributed by atoms with E-state index in [1.165, 1.54) is 13.3 Å². The topological polar surface area (TPSA) is 126 Å². The van der Waals surface area contributed by atoms with Crippen LogP contribution in [0.2, 0.25) is 0 Å². The van der Waals surface area contributed by atoms with Gasteiger partial charge in [-0.25, -0.2) is 0 Å². The highest BCUT2D eigenvalue weighted by Gasteiger charge is 2.14. The van der Waals surface area contributed by atoms with Gasteiger partial charge in [0.2, 0.25) is 0 Å². The molecule has 0 unspecified atom stereocenters. The van der Waals surface area contributed by atoms with Crippen LogP contribution in [0.15, 0.2) is 29.6 Å². The first-order valence-electron chi connectivity index (χ1n) is 6.04. The van der Waals surface area contributed by atoms with Gasteiger partial charge >= 0.3 is 0 Å². The molecule has 0 aliphatic heterocycles. The molecule has 0 radical (unpaired) electrons. The fourth-order valence-electron chi connectivity index (χ4n) is 1.78. The summed E-state index contributed by atoms with van der Waals surface area (Å²) in [7, 11) is 1.46. The number of ether oxygens (including phenoxy) is 1. The van der Waals surface area contributed by atoms with Gasteiger partial charge in [-0.3, -0.25) is 9.89 Å². The first-order valence-corrected chi connectivity index (χ1v) is 6.04. The number of nitrogens with zero attached hydrogens (tertiary/aromatic N) is 2. The molecule has 0 spiro atoms. The number of aromatic nitrogens is 2. The van der Waals surface area contributed by atoms with Crippen molar-refractivity contribution in [3.05, 3.63) is 41.2 Å². The molecule has 110 valence electrons. The Balaban J connectivity index is 2.28. The van der Waals surface area contributed by atoms with Gasteiger partial charge < -0.3 is 21.0 Å². The Kier molecular flexibility index (Phi) is 4.07. The van der Waals surface area contributed by atoms with Crippen LogP contribution in [0.4, 0.5) is 5.69 Å². The number of oxime groups is 1. The molecule has 0 bridgehead atoms. The molecule has 1 heterocycles. The van der Waals surface area contributed by atoms with E-state index >= 15 is 0 Å². The molecule has 1 amide bonds. The summed E-state index contributed by atoms with van der Waals surface area (Å²) in [6.45, 7) is 1.75. The third-order valence-electron chi connectivity index (χ3n) is 2.93. The van der Waals surface area contributed by atoms with Gasteiger partial charge in [-0.05, 0) is 25.1 Å². The third kappa shape index (κ3) is 2.94. The van der Waals surface area contributed by atoms with Crippen molar-refractivity contribution in [2.75, 3.05) is 12.4 Å². The number of amides is 1. The third-order valence-corrected chi connectivity index (χ3v) is 2.93. The predicted molar refractivity (Wildman–Crippen MR) is 76.8 cm³/mol. The Morgan fingerprint density at radius 2 is 2.29 bits per heavy atom. The number of rotatable bonds is 4. The maximum atomic E-state index is 12.1. The lowest BCUT2D eigenvalue weighted by atomic mass is 10.1. The summed E-state index contributed by atoms with van der Waals surface area (Å²) in [5.74, 6) is 0.0431. The molecule has 0 aliphatic carbocycles. The number of amidine groups is 1. The number of methoxy groups -OCH3 is 1. The zero-order chi connectivity index (χ0) is 15.4. The number of carbonyl (C=O) groups is 1. The molecule has 0 fully saturated rings. The molecule has 0 saturated carbocycles. The van der Waals surface area contributed by atoms with Gasteiger partial charge in [-0.2, -0.15) is 5.10 Å². The van der Waals surface area contributed by atoms with Crippen LogP contribution in [0.3, 0.4) is 0 Å². The minimum Gasteiger partial charge on any atom is -0.495 e. The summed E-state index contributed by atoms with van der Waals surface area (Å²) in [4.78, 5) is 12.1. The Hall–Kier alpha value is -3.03. The maximum absolute atomic E-state index is 12.1. The first kappa shape index (κ1) is 14.4. The van der Waals surface area contributed by atoms with E-state index < -0.39 is 0 Å². The quantitative estimate of drug-likeness (QED) is 0.290. The van der Waals surface area contributed by atoms with E-state index in [1.807, 2.05) is 0 Å². The molecule has 2 rings (SSSR count). The number of nitrogens with one attached hydrogen (secondary N) is 2. The SMILES string of the molecule is COc1cc(/C(N)=N/O)ccc1NC(=O)c1cn[nH]c1C. The number of aryl methyl sites for hydroxylation is 1. The van der Waals surface area contributed by atoms with Crippen LogP contribution in [0, 0.1) is 6.92 Å². The number of H-pyrrole nitrogens is 1. The van der Waals surface area contributed by atoms with Crippen LogP contribution in [-0.2, 0) is 0 Å². The van der Waals surface area contributed by atoms with Crippen molar-refractivity contribution in [3.8, 4) is 5.75 Å². The van der Waals surface area contributed by atoms with Crippen LogP contribution < -0.4 is 15.8 Å². The summed E-state index contributed by atoms with van der Waals surface area (Å²) in [6, 6.07) is 4.78. The van der Waals surface area contributed by atoms with Crippen molar-refractivity contribution in [1.29, 1.82) is 0 Å². The lowest BCUT2D eigenvalue weighted by Gasteiger charge is -2.11. The van der Waals surface area contributed by atoms with E-state index in [4.69, 9.17) is 15.7 Å². The minimum atomic E-state index is -0.309. The van der Waals surface area contributed by atoms with Crippen molar-refractivity contribution in [2.45, 2.75) is 6.92 Å². The molecule has 0 saturated heterocycles. The molecule has 0 aliphatic rings. The Morgan fingerprint density at radius 1 is 1.52 bits per heavy atom. The second kappa shape index (κ2) is 5.95. The van der Waals surface area contributed by atoms with Crippen molar-refractivity contribution >= 4 is 17.4 Å². The molecule has 8 nitrogen and oxygen atoms in total. The number of aromatic amines is 1. The molecular weight excluding hydrogens is 274 g/mol. The monoisotopic (exact) mass is 289 g/mol. The predicted octanol–water partition coefficient (Wildman–Crippen LogP) is 1.07. The van der Waals surface area contributed by atoms with E-state index in [9.17, 15) is 4.79 Å². The van der Waals surface area contributed by atoms with Crippen LogP contribution in [0.25, 0.3) is 0 Å². The number of hydrogen-bond donors (Lipinski definition) is 4. The molecule has 1 aromatic heterocycles. The average molecular weight is 289 g/mol. The number of anilines is 1. The smallest absolute Gasteiger partial charge is 0.259 e. The standard InChI is InChI=1S/C13H15N5O3/c1-7-9(6-15-17-7)13(19)16-10-4-3-8(12(14)18-20)5-11(10)21-2/h3-6,20H,1-2H3,(H2,14,18)(H,15,17)(H,16,19). The molecule has 1 aromatic carbocycles. The lowest BCUT2D eigenvalue weighted by Crippen LogP contribution is -2.15. The van der Waals surface area contributed by atoms with Crippen molar-refractivity contribution in [3.63, 3.8) is 0 Å². The van der Waals surface area contributed by atoms with Crippen LogP contribution in [0.5, 0.6) is 5.75 Å². The van der Waals surface area contributed by atoms with Gasteiger partial charge in [-0.1, -0.05) is 5.16 Å². The van der Waals surface area contributed by atoms with Crippen molar-refractivity contribution in [1.82, 2.24) is 10.2 Å². The maximum Gasteiger partial charge on any atom is 0.259 e. The Morgan fingerprint density at radius 3 is 2.86 bits per heavy atom. The Bertz CT molecular complexity index is 693. The zero-order valence-corrected chi connectivity index (χ0v) is 11.5. The van der Waals surface area contributed by atoms with E-state index in [2.05, 4.69) is 20.7 Å². The highest BCUT2D eigenvalue weighted by Crippen LogP contribution is 2.26. The Labute approximate surface area is 120 Å². The molecule has 5 N–H and O–H groups in total. The minimum absolute atomic E-state index is 0.0446. The van der Waals surface area contributed by atoms with Crippen LogP contribution in [-0.4, -0.2) is 34.3 Å². The summed E-state index contributed by atoms with van der Waals surface area (Å²) in [5, 5.41) is 20.8. The van der Waals surface area contributed by atoms with Crippen LogP contribution in [0.1, 0.15) is 21.6 Å². The second-order valence-electron chi connectivity index (χ2n) is 4.26. The summed E-state index contributed by atoms with van der Waals surface area (Å²) in [6.07, 6.45) is 1.45. The lowest BCUT2D eigenvalue weighted by molar-refractivity contribution is 0.102. The molecule has 21 heavy (non-hydrogen) atoms. The average Bonchev–Trinajstić information content (AvgIpc) is 2.93. The van der Waals surface area contributed by atoms with Gasteiger partial charge in [0.25, 0.3) is 5.91 Å². The van der Waals surface area contributed by atoms with Crippen LogP contribution >= 0.6 is 0 Å². The largest absolute Gasteiger partial charge is 0.495 e. The molecule has 2 aromatic rings. The van der Waals surface area contributed by atoms with Gasteiger partial charge in [0, 0.05) is 11.3 Å².